The molecule has 1 rings (SSSR count). The molecule has 1 aromatic rings. The third-order valence-corrected chi connectivity index (χ3v) is 4.97. The summed E-state index contributed by atoms with van der Waals surface area (Å²) in [5.74, 6) is -1.41. The number of amides is 2. The fourth-order valence-electron chi connectivity index (χ4n) is 3.21. The summed E-state index contributed by atoms with van der Waals surface area (Å²) >= 11 is 0. The minimum atomic E-state index is -0.869. The molecule has 1 aromatic carbocycles. The van der Waals surface area contributed by atoms with E-state index >= 15 is 0 Å². The molecule has 6 heteroatoms. The maximum Gasteiger partial charge on any atom is 0.303 e. The van der Waals surface area contributed by atoms with Gasteiger partial charge in [0.25, 0.3) is 5.91 Å². The highest BCUT2D eigenvalue weighted by Crippen LogP contribution is 2.14. The first-order valence-electron chi connectivity index (χ1n) is 10.9. The molecule has 2 amide bonds. The van der Waals surface area contributed by atoms with Gasteiger partial charge >= 0.3 is 5.97 Å². The fraction of sp³-hybridized carbons (Fsp3) is 0.609. The number of hydrogen-bond acceptors (Lipinski definition) is 4. The van der Waals surface area contributed by atoms with Crippen LogP contribution in [0.5, 0.6) is 0 Å². The Hall–Kier alpha value is -2.37. The Kier molecular flexibility index (Phi) is 12.4. The van der Waals surface area contributed by atoms with E-state index in [0.29, 0.717) is 30.6 Å². The number of anilines is 1. The molecule has 0 saturated heterocycles. The molecule has 0 bridgehead atoms. The van der Waals surface area contributed by atoms with Crippen LogP contribution in [0.4, 0.5) is 5.69 Å². The lowest BCUT2D eigenvalue weighted by Gasteiger charge is -2.21. The van der Waals surface area contributed by atoms with Crippen LogP contribution in [0.2, 0.25) is 0 Å². The van der Waals surface area contributed by atoms with Gasteiger partial charge in [-0.3, -0.25) is 19.3 Å². The zero-order chi connectivity index (χ0) is 21.5. The van der Waals surface area contributed by atoms with E-state index in [1.807, 2.05) is 0 Å². The first-order chi connectivity index (χ1) is 14.0. The molecular weight excluding hydrogens is 368 g/mol. The second-order valence-electron chi connectivity index (χ2n) is 7.55. The second kappa shape index (κ2) is 14.6. The molecule has 0 radical (unpaired) electrons. The minimum Gasteiger partial charge on any atom is -0.481 e. The van der Waals surface area contributed by atoms with Crippen molar-refractivity contribution in [2.75, 3.05) is 12.3 Å². The van der Waals surface area contributed by atoms with Crippen molar-refractivity contribution in [3.05, 3.63) is 29.8 Å². The van der Waals surface area contributed by atoms with Crippen LogP contribution in [0.25, 0.3) is 0 Å². The van der Waals surface area contributed by atoms with E-state index in [0.717, 1.165) is 19.3 Å². The minimum absolute atomic E-state index is 0.0389. The molecule has 0 fully saturated rings. The zero-order valence-electron chi connectivity index (χ0n) is 17.7. The Morgan fingerprint density at radius 3 is 1.97 bits per heavy atom. The summed E-state index contributed by atoms with van der Waals surface area (Å²) < 4.78 is 0. The number of benzene rings is 1. The van der Waals surface area contributed by atoms with Gasteiger partial charge in [-0.2, -0.15) is 0 Å². The van der Waals surface area contributed by atoms with E-state index in [2.05, 4.69) is 6.92 Å². The summed E-state index contributed by atoms with van der Waals surface area (Å²) in [4.78, 5) is 37.4. The third-order valence-electron chi connectivity index (χ3n) is 4.97. The molecule has 0 aliphatic heterocycles. The van der Waals surface area contributed by atoms with Crippen molar-refractivity contribution in [2.45, 2.75) is 84.0 Å². The lowest BCUT2D eigenvalue weighted by molar-refractivity contribution is -0.137. The molecule has 0 saturated carbocycles. The maximum atomic E-state index is 12.8. The van der Waals surface area contributed by atoms with Gasteiger partial charge in [0.1, 0.15) is 0 Å². The van der Waals surface area contributed by atoms with E-state index in [1.165, 1.54) is 37.0 Å². The molecular formula is C23H36N2O4. The second-order valence-corrected chi connectivity index (χ2v) is 7.55. The van der Waals surface area contributed by atoms with E-state index in [-0.39, 0.29) is 24.7 Å². The predicted molar refractivity (Wildman–Crippen MR) is 116 cm³/mol. The van der Waals surface area contributed by atoms with E-state index in [9.17, 15) is 14.4 Å². The molecule has 0 heterocycles. The molecule has 0 aromatic heterocycles. The Labute approximate surface area is 174 Å². The summed E-state index contributed by atoms with van der Waals surface area (Å²) in [5.41, 5.74) is 6.69. The number of unbranched alkanes of at least 4 members (excludes halogenated alkanes) is 8. The maximum absolute atomic E-state index is 12.8. The summed E-state index contributed by atoms with van der Waals surface area (Å²) in [6.45, 7) is 2.60. The molecule has 0 spiro atoms. The fourth-order valence-corrected chi connectivity index (χ4v) is 3.21. The highest BCUT2D eigenvalue weighted by molar-refractivity contribution is 6.04. The quantitative estimate of drug-likeness (QED) is 0.316. The number of hydrogen-bond donors (Lipinski definition) is 2. The molecule has 29 heavy (non-hydrogen) atoms. The molecule has 0 unspecified atom stereocenters. The van der Waals surface area contributed by atoms with Gasteiger partial charge in [-0.25, -0.2) is 0 Å². The number of aliphatic carboxylic acids is 1. The Balaban J connectivity index is 2.55. The summed E-state index contributed by atoms with van der Waals surface area (Å²) in [6.07, 6.45) is 10.2. The molecule has 3 N–H and O–H groups in total. The Morgan fingerprint density at radius 1 is 0.828 bits per heavy atom. The highest BCUT2D eigenvalue weighted by Gasteiger charge is 2.22. The topological polar surface area (TPSA) is 101 Å². The van der Waals surface area contributed by atoms with Crippen LogP contribution in [0.15, 0.2) is 24.3 Å². The van der Waals surface area contributed by atoms with Gasteiger partial charge in [0.15, 0.2) is 0 Å². The largest absolute Gasteiger partial charge is 0.481 e. The number of carboxylic acids is 1. The first-order valence-corrected chi connectivity index (χ1v) is 10.9. The van der Waals surface area contributed by atoms with Gasteiger partial charge in [-0.05, 0) is 43.5 Å². The molecule has 0 atom stereocenters. The van der Waals surface area contributed by atoms with Gasteiger partial charge in [-0.15, -0.1) is 0 Å². The summed E-state index contributed by atoms with van der Waals surface area (Å²) in [6, 6.07) is 6.57. The molecule has 0 aliphatic rings. The molecule has 0 aliphatic carbocycles. The number of carboxylic acid groups (broad SMARTS) is 1. The summed E-state index contributed by atoms with van der Waals surface area (Å²) in [7, 11) is 0. The SMILES string of the molecule is CCCCCCCCCCN(C(=O)CCCCC(=O)O)C(=O)c1ccc(N)cc1. The van der Waals surface area contributed by atoms with Crippen LogP contribution in [0, 0.1) is 0 Å². The standard InChI is InChI=1S/C23H36N2O4/c1-2-3-4-5-6-7-8-11-18-25(21(26)12-9-10-13-22(27)28)23(29)19-14-16-20(24)17-15-19/h14-17H,2-13,18,24H2,1H3,(H,27,28). The van der Waals surface area contributed by atoms with Crippen molar-refractivity contribution in [2.24, 2.45) is 0 Å². The van der Waals surface area contributed by atoms with Crippen molar-refractivity contribution in [1.82, 2.24) is 4.90 Å². The van der Waals surface area contributed by atoms with Crippen molar-refractivity contribution in [1.29, 1.82) is 0 Å². The zero-order valence-corrected chi connectivity index (χ0v) is 17.7. The van der Waals surface area contributed by atoms with Gasteiger partial charge in [0.05, 0.1) is 0 Å². The number of nitrogen functional groups attached to an aromatic ring is 1. The van der Waals surface area contributed by atoms with Crippen LogP contribution < -0.4 is 5.73 Å². The normalized spacial score (nSPS) is 10.7. The average Bonchev–Trinajstić information content (AvgIpc) is 2.70. The van der Waals surface area contributed by atoms with Crippen molar-refractivity contribution >= 4 is 23.5 Å². The number of carbonyl (C=O) groups is 3. The van der Waals surface area contributed by atoms with Crippen LogP contribution in [-0.2, 0) is 9.59 Å². The lowest BCUT2D eigenvalue weighted by Crippen LogP contribution is -2.37. The number of rotatable bonds is 15. The number of imide groups is 1. The monoisotopic (exact) mass is 404 g/mol. The van der Waals surface area contributed by atoms with E-state index < -0.39 is 5.97 Å². The highest BCUT2D eigenvalue weighted by atomic mass is 16.4. The van der Waals surface area contributed by atoms with Crippen LogP contribution >= 0.6 is 0 Å². The number of nitrogens with two attached hydrogens (primary N) is 1. The number of carbonyl (C=O) groups excluding carboxylic acids is 2. The van der Waals surface area contributed by atoms with Crippen molar-refractivity contribution in [3.8, 4) is 0 Å². The smallest absolute Gasteiger partial charge is 0.303 e. The number of nitrogens with zero attached hydrogens (tertiary/aromatic N) is 1. The van der Waals surface area contributed by atoms with Crippen molar-refractivity contribution < 1.29 is 19.5 Å². The van der Waals surface area contributed by atoms with Crippen LogP contribution in [-0.4, -0.2) is 34.3 Å². The van der Waals surface area contributed by atoms with Crippen LogP contribution in [0.3, 0.4) is 0 Å². The summed E-state index contributed by atoms with van der Waals surface area (Å²) in [5, 5.41) is 8.72. The van der Waals surface area contributed by atoms with Gasteiger partial charge < -0.3 is 10.8 Å². The van der Waals surface area contributed by atoms with Crippen molar-refractivity contribution in [3.63, 3.8) is 0 Å². The van der Waals surface area contributed by atoms with Crippen LogP contribution in [0.1, 0.15) is 94.3 Å². The van der Waals surface area contributed by atoms with Gasteiger partial charge in [0, 0.05) is 30.6 Å². The molecule has 162 valence electrons. The Morgan fingerprint density at radius 2 is 1.38 bits per heavy atom. The van der Waals surface area contributed by atoms with E-state index in [4.69, 9.17) is 10.8 Å². The average molecular weight is 405 g/mol. The van der Waals surface area contributed by atoms with Gasteiger partial charge in [0.2, 0.25) is 5.91 Å². The van der Waals surface area contributed by atoms with E-state index in [1.54, 1.807) is 24.3 Å². The third kappa shape index (κ3) is 10.7. The molecule has 6 nitrogen and oxygen atoms in total. The first kappa shape index (κ1) is 24.7. The Bertz CT molecular complexity index is 628. The van der Waals surface area contributed by atoms with Gasteiger partial charge in [-0.1, -0.05) is 51.9 Å². The lowest BCUT2D eigenvalue weighted by atomic mass is 10.1. The predicted octanol–water partition coefficient (Wildman–Crippen LogP) is 5.02.